The second-order valence-electron chi connectivity index (χ2n) is 3.08. The Bertz CT molecular complexity index is 511. The maximum absolute atomic E-state index is 10.6. The summed E-state index contributed by atoms with van der Waals surface area (Å²) in [6, 6.07) is 9.13. The summed E-state index contributed by atoms with van der Waals surface area (Å²) in [7, 11) is 0. The molecular formula is C18H32N2O2. The van der Waals surface area contributed by atoms with Crippen LogP contribution in [-0.4, -0.2) is 9.91 Å². The van der Waals surface area contributed by atoms with E-state index in [-0.39, 0.29) is 5.82 Å². The van der Waals surface area contributed by atoms with Gasteiger partial charge in [0, 0.05) is 10.9 Å². The first kappa shape index (κ1) is 25.0. The smallest absolute Gasteiger partial charge is 0.358 e. The fourth-order valence-electron chi connectivity index (χ4n) is 1.40. The van der Waals surface area contributed by atoms with Crippen molar-refractivity contribution in [1.82, 2.24) is 4.98 Å². The van der Waals surface area contributed by atoms with Crippen LogP contribution in [0.4, 0.5) is 5.82 Å². The van der Waals surface area contributed by atoms with Gasteiger partial charge in [-0.15, -0.1) is 0 Å². The largest absolute Gasteiger partial charge is 0.366 e. The zero-order valence-electron chi connectivity index (χ0n) is 15.6. The van der Waals surface area contributed by atoms with E-state index in [9.17, 15) is 10.1 Å². The normalized spacial score (nSPS) is 7.68. The maximum Gasteiger partial charge on any atom is 0.366 e. The predicted molar refractivity (Wildman–Crippen MR) is 98.5 cm³/mol. The summed E-state index contributed by atoms with van der Waals surface area (Å²) in [5, 5.41) is 11.5. The van der Waals surface area contributed by atoms with Crippen LogP contribution < -0.4 is 0 Å². The Morgan fingerprint density at radius 3 is 1.82 bits per heavy atom. The van der Waals surface area contributed by atoms with Gasteiger partial charge in [-0.1, -0.05) is 73.6 Å². The second-order valence-corrected chi connectivity index (χ2v) is 3.08. The van der Waals surface area contributed by atoms with Crippen molar-refractivity contribution in [2.24, 2.45) is 0 Å². The number of para-hydroxylation sites is 1. The molecule has 0 bridgehead atoms. The highest BCUT2D eigenvalue weighted by molar-refractivity contribution is 5.80. The van der Waals surface area contributed by atoms with E-state index < -0.39 is 4.92 Å². The van der Waals surface area contributed by atoms with Gasteiger partial charge in [0.1, 0.15) is 0 Å². The van der Waals surface area contributed by atoms with Crippen molar-refractivity contribution in [3.63, 3.8) is 0 Å². The average molecular weight is 308 g/mol. The molecule has 0 saturated carbocycles. The number of aryl methyl sites for hydroxylation is 1. The number of benzene rings is 1. The van der Waals surface area contributed by atoms with Crippen LogP contribution in [0.25, 0.3) is 10.9 Å². The molecule has 0 aliphatic rings. The lowest BCUT2D eigenvalue weighted by atomic mass is 10.1. The molecule has 2 rings (SSSR count). The van der Waals surface area contributed by atoms with Gasteiger partial charge in [-0.05, 0) is 29.0 Å². The molecule has 0 amide bonds. The van der Waals surface area contributed by atoms with Crippen LogP contribution in [0.15, 0.2) is 30.3 Å². The van der Waals surface area contributed by atoms with E-state index >= 15 is 0 Å². The Hall–Kier alpha value is -1.97. The Labute approximate surface area is 135 Å². The number of pyridine rings is 1. The molecule has 1 heterocycles. The van der Waals surface area contributed by atoms with Crippen molar-refractivity contribution in [2.75, 3.05) is 0 Å². The molecule has 0 aliphatic heterocycles. The van der Waals surface area contributed by atoms with Gasteiger partial charge in [0.15, 0.2) is 5.52 Å². The fraction of sp³-hybridized carbons (Fsp3) is 0.500. The monoisotopic (exact) mass is 308 g/mol. The lowest BCUT2D eigenvalue weighted by molar-refractivity contribution is -0.389. The minimum atomic E-state index is -0.457. The zero-order chi connectivity index (χ0) is 18.1. The Morgan fingerprint density at radius 2 is 1.36 bits per heavy atom. The summed E-state index contributed by atoms with van der Waals surface area (Å²) >= 11 is 0. The van der Waals surface area contributed by atoms with E-state index in [2.05, 4.69) is 4.98 Å². The lowest BCUT2D eigenvalue weighted by Crippen LogP contribution is -1.95. The molecule has 4 nitrogen and oxygen atoms in total. The molecule has 126 valence electrons. The van der Waals surface area contributed by atoms with Gasteiger partial charge >= 0.3 is 5.82 Å². The molecular weight excluding hydrogens is 276 g/mol. The molecule has 22 heavy (non-hydrogen) atoms. The van der Waals surface area contributed by atoms with Gasteiger partial charge in [0.05, 0.1) is 0 Å². The number of nitrogens with zero attached hydrogens (tertiary/aromatic N) is 2. The van der Waals surface area contributed by atoms with Gasteiger partial charge in [0.2, 0.25) is 0 Å². The number of rotatable bonds is 1. The summed E-state index contributed by atoms with van der Waals surface area (Å²) in [5.74, 6) is -0.0660. The minimum absolute atomic E-state index is 0.0660. The molecule has 0 saturated heterocycles. The summed E-state index contributed by atoms with van der Waals surface area (Å²) in [5.41, 5.74) is 1.25. The van der Waals surface area contributed by atoms with Crippen LogP contribution in [0.5, 0.6) is 0 Å². The van der Waals surface area contributed by atoms with Crippen molar-refractivity contribution in [3.05, 3.63) is 46.0 Å². The van der Waals surface area contributed by atoms with E-state index in [4.69, 9.17) is 0 Å². The lowest BCUT2D eigenvalue weighted by Gasteiger charge is -1.98. The maximum atomic E-state index is 10.6. The van der Waals surface area contributed by atoms with E-state index in [0.29, 0.717) is 11.1 Å². The average Bonchev–Trinajstić information content (AvgIpc) is 2.61. The number of fused-ring (bicyclic) bond motifs is 1. The topological polar surface area (TPSA) is 56.0 Å². The van der Waals surface area contributed by atoms with Gasteiger partial charge in [0.25, 0.3) is 0 Å². The third-order valence-corrected chi connectivity index (χ3v) is 2.06. The molecule has 0 spiro atoms. The molecule has 0 atom stereocenters. The highest BCUT2D eigenvalue weighted by Gasteiger charge is 2.13. The van der Waals surface area contributed by atoms with E-state index in [1.165, 1.54) is 0 Å². The first-order valence-corrected chi connectivity index (χ1v) is 8.19. The zero-order valence-corrected chi connectivity index (χ0v) is 15.6. The highest BCUT2D eigenvalue weighted by atomic mass is 16.6. The van der Waals surface area contributed by atoms with Crippen LogP contribution in [0.1, 0.15) is 61.0 Å². The number of hydrogen-bond donors (Lipinski definition) is 0. The molecule has 1 aromatic carbocycles. The standard InChI is InChI=1S/C10H8N2O2.4C2H6/c1-7-6-8-4-2-3-5-9(8)11-10(7)12(13)14;4*1-2/h2-6H,1H3;4*1-2H3. The predicted octanol–water partition coefficient (Wildman–Crippen LogP) is 6.56. The van der Waals surface area contributed by atoms with Gasteiger partial charge in [-0.25, -0.2) is 0 Å². The van der Waals surface area contributed by atoms with Crippen LogP contribution in [0, 0.1) is 17.0 Å². The van der Waals surface area contributed by atoms with Crippen molar-refractivity contribution in [2.45, 2.75) is 62.3 Å². The summed E-state index contributed by atoms with van der Waals surface area (Å²) in [4.78, 5) is 14.1. The first-order valence-electron chi connectivity index (χ1n) is 8.19. The van der Waals surface area contributed by atoms with Gasteiger partial charge < -0.3 is 10.1 Å². The van der Waals surface area contributed by atoms with E-state index in [0.717, 1.165) is 5.39 Å². The van der Waals surface area contributed by atoms with Crippen LogP contribution >= 0.6 is 0 Å². The molecule has 1 aromatic heterocycles. The first-order chi connectivity index (χ1) is 10.7. The third kappa shape index (κ3) is 8.35. The van der Waals surface area contributed by atoms with Crippen LogP contribution in [0.2, 0.25) is 0 Å². The summed E-state index contributed by atoms with van der Waals surface area (Å²) in [6.45, 7) is 17.7. The molecule has 0 fully saturated rings. The molecule has 2 aromatic rings. The Kier molecular flexibility index (Phi) is 19.4. The number of hydrogen-bond acceptors (Lipinski definition) is 3. The molecule has 0 radical (unpaired) electrons. The van der Waals surface area contributed by atoms with Crippen molar-refractivity contribution < 1.29 is 4.92 Å². The van der Waals surface area contributed by atoms with Crippen molar-refractivity contribution in [1.29, 1.82) is 0 Å². The van der Waals surface area contributed by atoms with E-state index in [1.54, 1.807) is 19.1 Å². The molecule has 4 heteroatoms. The van der Waals surface area contributed by atoms with Crippen LogP contribution in [-0.2, 0) is 0 Å². The SMILES string of the molecule is CC.CC.CC.CC.Cc1cc2ccccc2nc1[N+](=O)[O-]. The van der Waals surface area contributed by atoms with Crippen molar-refractivity contribution in [3.8, 4) is 0 Å². The minimum Gasteiger partial charge on any atom is -0.358 e. The van der Waals surface area contributed by atoms with Crippen molar-refractivity contribution >= 4 is 16.7 Å². The van der Waals surface area contributed by atoms with Gasteiger partial charge in [-0.3, -0.25) is 0 Å². The second kappa shape index (κ2) is 17.1. The summed E-state index contributed by atoms with van der Waals surface area (Å²) < 4.78 is 0. The fourth-order valence-corrected chi connectivity index (χ4v) is 1.40. The van der Waals surface area contributed by atoms with Gasteiger partial charge in [-0.2, -0.15) is 0 Å². The molecule has 0 unspecified atom stereocenters. The summed E-state index contributed by atoms with van der Waals surface area (Å²) in [6.07, 6.45) is 0. The Morgan fingerprint density at radius 1 is 0.909 bits per heavy atom. The molecule has 0 aliphatic carbocycles. The quantitative estimate of drug-likeness (QED) is 0.443. The number of aromatic nitrogens is 1. The highest BCUT2D eigenvalue weighted by Crippen LogP contribution is 2.20. The third-order valence-electron chi connectivity index (χ3n) is 2.06. The van der Waals surface area contributed by atoms with Crippen LogP contribution in [0.3, 0.4) is 0 Å². The number of nitro groups is 1. The molecule has 0 N–H and O–H groups in total. The Balaban J connectivity index is -0.000000394. The van der Waals surface area contributed by atoms with E-state index in [1.807, 2.05) is 73.6 Å².